The summed E-state index contributed by atoms with van der Waals surface area (Å²) in [5.74, 6) is -2.28. The molecule has 1 saturated heterocycles. The van der Waals surface area contributed by atoms with Crippen LogP contribution in [-0.4, -0.2) is 30.4 Å². The minimum Gasteiger partial charge on any atom is -0.406 e. The molecule has 2 unspecified atom stereocenters. The topological polar surface area (TPSA) is 40.0 Å². The molecule has 5 rings (SSSR count). The Morgan fingerprint density at radius 3 is 2.08 bits per heavy atom. The van der Waals surface area contributed by atoms with E-state index in [9.17, 15) is 22.0 Å². The lowest BCUT2D eigenvalue weighted by molar-refractivity contribution is -0.274. The summed E-state index contributed by atoms with van der Waals surface area (Å²) in [6.07, 6.45) is -4.67. The predicted molar refractivity (Wildman–Crippen MR) is 146 cm³/mol. The van der Waals surface area contributed by atoms with Crippen molar-refractivity contribution in [2.24, 2.45) is 4.99 Å². The molecular weight excluding hydrogens is 596 g/mol. The SMILES string of the molecule is CC1(C)OB(c2ccc(C3N=C(c4c(F)cccc4F)CC3c3ccc(OC(F)(F)F)cc3Br)cc2)OC1(C)C. The van der Waals surface area contributed by atoms with E-state index in [-0.39, 0.29) is 23.4 Å². The van der Waals surface area contributed by atoms with Crippen LogP contribution in [0.5, 0.6) is 5.75 Å². The number of aliphatic imine (C=N–C) groups is 1. The summed E-state index contributed by atoms with van der Waals surface area (Å²) in [4.78, 5) is 4.75. The van der Waals surface area contributed by atoms with Crippen molar-refractivity contribution in [1.29, 1.82) is 0 Å². The summed E-state index contributed by atoms with van der Waals surface area (Å²) in [5, 5.41) is 0. The lowest BCUT2D eigenvalue weighted by Crippen LogP contribution is -2.41. The van der Waals surface area contributed by atoms with E-state index in [2.05, 4.69) is 20.7 Å². The van der Waals surface area contributed by atoms with Gasteiger partial charge in [0.05, 0.1) is 22.8 Å². The Morgan fingerprint density at radius 2 is 1.52 bits per heavy atom. The van der Waals surface area contributed by atoms with E-state index < -0.39 is 48.3 Å². The van der Waals surface area contributed by atoms with Gasteiger partial charge in [0.2, 0.25) is 0 Å². The molecule has 0 aromatic heterocycles. The molecule has 0 radical (unpaired) electrons. The van der Waals surface area contributed by atoms with Crippen molar-refractivity contribution in [3.05, 3.63) is 93.5 Å². The maximum Gasteiger partial charge on any atom is 0.573 e. The Balaban J connectivity index is 1.51. The standard InChI is InChI=1S/C29H26BBrF5NO3/c1-27(2)28(3,4)40-30(39-27)17-10-8-16(9-11-17)26-20(15-24(37-26)25-22(32)6-5-7-23(25)33)19-13-12-18(14-21(19)31)38-29(34,35)36/h5-14,20,26H,15H2,1-4H3. The molecule has 0 saturated carbocycles. The predicted octanol–water partition coefficient (Wildman–Crippen LogP) is 7.64. The van der Waals surface area contributed by atoms with Crippen molar-refractivity contribution < 1.29 is 36.0 Å². The third-order valence-electron chi connectivity index (χ3n) is 7.75. The van der Waals surface area contributed by atoms with Gasteiger partial charge >= 0.3 is 13.5 Å². The molecule has 0 spiro atoms. The summed E-state index contributed by atoms with van der Waals surface area (Å²) in [7, 11) is -0.569. The van der Waals surface area contributed by atoms with Gasteiger partial charge in [0.1, 0.15) is 17.4 Å². The third kappa shape index (κ3) is 5.56. The van der Waals surface area contributed by atoms with Crippen LogP contribution in [0, 0.1) is 11.6 Å². The maximum absolute atomic E-state index is 14.7. The van der Waals surface area contributed by atoms with Crippen LogP contribution in [0.1, 0.15) is 62.8 Å². The molecule has 0 bridgehead atoms. The van der Waals surface area contributed by atoms with E-state index in [0.717, 1.165) is 11.0 Å². The fourth-order valence-corrected chi connectivity index (χ4v) is 5.64. The number of ether oxygens (including phenoxy) is 1. The molecule has 1 fully saturated rings. The molecule has 0 N–H and O–H groups in total. The number of hydrogen-bond donors (Lipinski definition) is 0. The Hall–Kier alpha value is -2.76. The lowest BCUT2D eigenvalue weighted by atomic mass is 9.78. The number of hydrogen-bond acceptors (Lipinski definition) is 4. The van der Waals surface area contributed by atoms with Crippen molar-refractivity contribution >= 4 is 34.2 Å². The second kappa shape index (κ2) is 10.3. The second-order valence-electron chi connectivity index (χ2n) is 10.9. The van der Waals surface area contributed by atoms with E-state index in [4.69, 9.17) is 14.3 Å². The molecule has 2 aliphatic heterocycles. The Bertz CT molecular complexity index is 1420. The first-order valence-corrected chi connectivity index (χ1v) is 13.5. The fourth-order valence-electron chi connectivity index (χ4n) is 4.99. The minimum absolute atomic E-state index is 0.166. The fraction of sp³-hybridized carbons (Fsp3) is 0.345. The van der Waals surface area contributed by atoms with Gasteiger partial charge in [-0.15, -0.1) is 13.2 Å². The average Bonchev–Trinajstić information content (AvgIpc) is 3.36. The van der Waals surface area contributed by atoms with Crippen molar-refractivity contribution in [1.82, 2.24) is 0 Å². The van der Waals surface area contributed by atoms with Crippen LogP contribution >= 0.6 is 15.9 Å². The second-order valence-corrected chi connectivity index (χ2v) is 11.8. The van der Waals surface area contributed by atoms with E-state index in [1.54, 1.807) is 0 Å². The van der Waals surface area contributed by atoms with Gasteiger partial charge in [-0.3, -0.25) is 4.99 Å². The smallest absolute Gasteiger partial charge is 0.406 e. The number of benzene rings is 3. The summed E-state index contributed by atoms with van der Waals surface area (Å²) in [6.45, 7) is 7.86. The quantitative estimate of drug-likeness (QED) is 0.217. The highest BCUT2D eigenvalue weighted by Crippen LogP contribution is 2.46. The van der Waals surface area contributed by atoms with Gasteiger partial charge in [-0.2, -0.15) is 0 Å². The molecule has 2 atom stereocenters. The van der Waals surface area contributed by atoms with Crippen LogP contribution in [0.15, 0.2) is 70.1 Å². The van der Waals surface area contributed by atoms with Gasteiger partial charge in [-0.25, -0.2) is 8.78 Å². The summed E-state index contributed by atoms with van der Waals surface area (Å²) >= 11 is 3.37. The number of rotatable bonds is 5. The molecule has 2 heterocycles. The van der Waals surface area contributed by atoms with Crippen LogP contribution in [0.25, 0.3) is 0 Å². The largest absolute Gasteiger partial charge is 0.573 e. The zero-order valence-electron chi connectivity index (χ0n) is 22.2. The van der Waals surface area contributed by atoms with E-state index in [1.807, 2.05) is 52.0 Å². The van der Waals surface area contributed by atoms with Gasteiger partial charge in [0, 0.05) is 16.1 Å². The molecule has 3 aromatic rings. The molecular formula is C29H26BBrF5NO3. The number of alkyl halides is 3. The van der Waals surface area contributed by atoms with Gasteiger partial charge < -0.3 is 14.0 Å². The van der Waals surface area contributed by atoms with E-state index in [0.29, 0.717) is 10.0 Å². The van der Waals surface area contributed by atoms with Crippen LogP contribution in [-0.2, 0) is 9.31 Å². The first-order valence-electron chi connectivity index (χ1n) is 12.7. The molecule has 40 heavy (non-hydrogen) atoms. The zero-order chi connectivity index (χ0) is 29.0. The maximum atomic E-state index is 14.7. The normalized spacial score (nSPS) is 21.9. The molecule has 11 heteroatoms. The van der Waals surface area contributed by atoms with Gasteiger partial charge in [-0.05, 0) is 75.0 Å². The van der Waals surface area contributed by atoms with Crippen LogP contribution in [0.3, 0.4) is 0 Å². The third-order valence-corrected chi connectivity index (χ3v) is 8.44. The Morgan fingerprint density at radius 1 is 0.925 bits per heavy atom. The highest BCUT2D eigenvalue weighted by atomic mass is 79.9. The van der Waals surface area contributed by atoms with Gasteiger partial charge in [0.15, 0.2) is 0 Å². The van der Waals surface area contributed by atoms with Gasteiger partial charge in [0.25, 0.3) is 0 Å². The average molecular weight is 622 g/mol. The Kier molecular flexibility index (Phi) is 7.38. The van der Waals surface area contributed by atoms with Crippen molar-refractivity contribution in [2.45, 2.75) is 63.6 Å². The zero-order valence-corrected chi connectivity index (χ0v) is 23.7. The number of nitrogens with zero attached hydrogens (tertiary/aromatic N) is 1. The number of halogens is 6. The lowest BCUT2D eigenvalue weighted by Gasteiger charge is -2.32. The molecule has 210 valence electrons. The first kappa shape index (κ1) is 28.8. The monoisotopic (exact) mass is 621 g/mol. The molecule has 4 nitrogen and oxygen atoms in total. The molecule has 3 aromatic carbocycles. The van der Waals surface area contributed by atoms with Crippen molar-refractivity contribution in [3.8, 4) is 5.75 Å². The molecule has 0 amide bonds. The summed E-state index contributed by atoms with van der Waals surface area (Å²) in [6, 6.07) is 14.4. The van der Waals surface area contributed by atoms with Crippen LogP contribution in [0.2, 0.25) is 0 Å². The van der Waals surface area contributed by atoms with Crippen molar-refractivity contribution in [2.75, 3.05) is 0 Å². The first-order chi connectivity index (χ1) is 18.6. The van der Waals surface area contributed by atoms with E-state index in [1.165, 1.54) is 36.4 Å². The minimum atomic E-state index is -4.84. The molecule has 0 aliphatic carbocycles. The highest BCUT2D eigenvalue weighted by Gasteiger charge is 2.51. The van der Waals surface area contributed by atoms with E-state index >= 15 is 0 Å². The van der Waals surface area contributed by atoms with Gasteiger partial charge in [-0.1, -0.05) is 52.3 Å². The highest BCUT2D eigenvalue weighted by molar-refractivity contribution is 9.10. The summed E-state index contributed by atoms with van der Waals surface area (Å²) < 4.78 is 84.4. The van der Waals surface area contributed by atoms with Crippen LogP contribution in [0.4, 0.5) is 22.0 Å². The molecule has 2 aliphatic rings. The Labute approximate surface area is 237 Å². The summed E-state index contributed by atoms with van der Waals surface area (Å²) in [5.41, 5.74) is 1.20. The van der Waals surface area contributed by atoms with Crippen LogP contribution < -0.4 is 10.2 Å². The van der Waals surface area contributed by atoms with Crippen molar-refractivity contribution in [3.63, 3.8) is 0 Å².